The molecule has 2 spiro atoms. The second-order valence-electron chi connectivity index (χ2n) is 19.3. The minimum absolute atomic E-state index is 0. The van der Waals surface area contributed by atoms with Crippen LogP contribution in [0.4, 0.5) is 0 Å². The molecule has 0 bridgehead atoms. The van der Waals surface area contributed by atoms with Crippen molar-refractivity contribution >= 4 is 15.8 Å². The Balaban J connectivity index is 0.000000218. The maximum atomic E-state index is 13.3. The zero-order valence-corrected chi connectivity index (χ0v) is 49.2. The van der Waals surface area contributed by atoms with Crippen molar-refractivity contribution in [3.8, 4) is 160 Å². The number of methoxy groups -OCH3 is 1. The molecule has 1 N–H and O–H groups in total. The van der Waals surface area contributed by atoms with Crippen LogP contribution < -0.4 is 10.1 Å². The summed E-state index contributed by atoms with van der Waals surface area (Å²) < 4.78 is 45.1. The first-order chi connectivity index (χ1) is 42.2. The number of nitrogens with zero attached hydrogens (tertiary/aromatic N) is 4. The van der Waals surface area contributed by atoms with Crippen LogP contribution in [0.1, 0.15) is 62.6 Å². The average molecular weight is 1170 g/mol. The Kier molecular flexibility index (Phi) is 30.4. The SMILES string of the molecule is C.C#CC#CC#CC#CC#CC#CC#CC#CC#CC#CC#CC#CC#C[CH2-].COc1ccc(S(=O)(=O)N2CCOC23CCN(Cc2ccccc2)CC3)cc1.O=C1CCN(Cc2ccccc2)CC1.c1ccc(CN2CCC3(CC2)NCCO3)cc1. The Morgan fingerprint density at radius 1 is 0.506 bits per heavy atom. The van der Waals surface area contributed by atoms with Gasteiger partial charge in [0.2, 0.25) is 10.0 Å². The van der Waals surface area contributed by atoms with Gasteiger partial charge in [0, 0.05) is 146 Å². The number of terminal acetylenes is 1. The molecular weight excluding hydrogens is 1100 g/mol. The highest BCUT2D eigenvalue weighted by atomic mass is 32.2. The topological polar surface area (TPSA) is 104 Å². The lowest BCUT2D eigenvalue weighted by molar-refractivity contribution is -0.121. The van der Waals surface area contributed by atoms with E-state index in [1.807, 2.05) is 24.3 Å². The highest BCUT2D eigenvalue weighted by Crippen LogP contribution is 2.39. The van der Waals surface area contributed by atoms with Crippen LogP contribution in [0, 0.1) is 161 Å². The summed E-state index contributed by atoms with van der Waals surface area (Å²) in [6.45, 7) is 14.7. The molecule has 5 aliphatic heterocycles. The highest BCUT2D eigenvalue weighted by Gasteiger charge is 2.50. The van der Waals surface area contributed by atoms with E-state index in [0.29, 0.717) is 37.5 Å². The molecule has 5 saturated heterocycles. The van der Waals surface area contributed by atoms with Gasteiger partial charge in [0.1, 0.15) is 23.0 Å². The van der Waals surface area contributed by atoms with Crippen LogP contribution in [0.2, 0.25) is 0 Å². The van der Waals surface area contributed by atoms with Crippen molar-refractivity contribution < 1.29 is 27.4 Å². The summed E-state index contributed by atoms with van der Waals surface area (Å²) in [5.74, 6) is 62.3. The van der Waals surface area contributed by atoms with Gasteiger partial charge >= 0.3 is 0 Å². The molecule has 12 heteroatoms. The third kappa shape index (κ3) is 24.7. The van der Waals surface area contributed by atoms with Gasteiger partial charge in [-0.15, -0.1) is 12.3 Å². The molecule has 0 amide bonds. The molecule has 4 aromatic rings. The number of hydrogen-bond donors (Lipinski definition) is 1. The summed E-state index contributed by atoms with van der Waals surface area (Å²) in [5, 5.41) is 3.51. The summed E-state index contributed by atoms with van der Waals surface area (Å²) in [5.41, 5.74) is 3.29. The summed E-state index contributed by atoms with van der Waals surface area (Å²) in [6.07, 6.45) is 9.94. The zero-order chi connectivity index (χ0) is 60.6. The van der Waals surface area contributed by atoms with Gasteiger partial charge < -0.3 is 14.2 Å². The first kappa shape index (κ1) is 68.0. The number of likely N-dealkylation sites (tertiary alicyclic amines) is 3. The highest BCUT2D eigenvalue weighted by molar-refractivity contribution is 7.89. The number of hydrogen-bond acceptors (Lipinski definition) is 10. The van der Waals surface area contributed by atoms with E-state index in [1.54, 1.807) is 35.7 Å². The maximum Gasteiger partial charge on any atom is 0.245 e. The van der Waals surface area contributed by atoms with Crippen LogP contribution in [0.15, 0.2) is 120 Å². The molecule has 0 aromatic heterocycles. The van der Waals surface area contributed by atoms with Gasteiger partial charge in [0.15, 0.2) is 0 Å². The van der Waals surface area contributed by atoms with E-state index in [9.17, 15) is 13.2 Å². The van der Waals surface area contributed by atoms with E-state index in [0.717, 1.165) is 97.7 Å². The van der Waals surface area contributed by atoms with E-state index >= 15 is 0 Å². The van der Waals surface area contributed by atoms with Crippen molar-refractivity contribution in [3.63, 3.8) is 0 Å². The lowest BCUT2D eigenvalue weighted by atomic mass is 10.00. The molecular formula is C75H68N5O6S-. The molecule has 5 heterocycles. The standard InChI is InChI=1S/C27H3.C21H26N2O4S.C14H20N2O.C12H15NO.CH4/c1-3-5-7-9-11-13-15-17-19-21-23-25-27-26-24-22-20-18-16-14-12-10-8-6-4-2;1-26-19-7-9-20(10-8-19)28(24,25)23-15-16-27-21(23)11-13-22(14-12-21)17-18-5-3-2-4-6-18;1-2-4-13(5-3-1)12-16-9-6-14(7-10-16)15-8-11-17-14;14-12-6-8-13(9-7-12)10-11-4-2-1-3-5-11;/h1H,2H2;2-10H,11-17H2,1H3;1-5,15H,6-12H2;1-5H,6-10H2;1H4/q-1;;;;. The smallest absolute Gasteiger partial charge is 0.245 e. The van der Waals surface area contributed by atoms with Crippen LogP contribution >= 0.6 is 0 Å². The number of benzene rings is 4. The quantitative estimate of drug-likeness (QED) is 0.136. The molecule has 0 radical (unpaired) electrons. The number of nitrogens with one attached hydrogen (secondary N) is 1. The molecule has 4 aromatic carbocycles. The van der Waals surface area contributed by atoms with E-state index < -0.39 is 15.7 Å². The van der Waals surface area contributed by atoms with Crippen molar-refractivity contribution in [2.45, 2.75) is 81.9 Å². The number of ether oxygens (including phenoxy) is 3. The zero-order valence-electron chi connectivity index (χ0n) is 48.3. The van der Waals surface area contributed by atoms with Gasteiger partial charge in [0.25, 0.3) is 0 Å². The second-order valence-corrected chi connectivity index (χ2v) is 21.2. The molecule has 11 nitrogen and oxygen atoms in total. The Labute approximate surface area is 518 Å². The van der Waals surface area contributed by atoms with Gasteiger partial charge in [-0.05, 0) is 136 Å². The average Bonchev–Trinajstić information content (AvgIpc) is 1.84. The van der Waals surface area contributed by atoms with E-state index in [2.05, 4.69) is 242 Å². The minimum Gasteiger partial charge on any atom is -0.497 e. The van der Waals surface area contributed by atoms with Crippen LogP contribution in [0.5, 0.6) is 5.75 Å². The largest absolute Gasteiger partial charge is 0.497 e. The maximum absolute atomic E-state index is 13.3. The second kappa shape index (κ2) is 38.9. The fraction of sp³-hybridized carbons (Fsp3) is 0.307. The normalized spacial score (nSPS) is 15.5. The fourth-order valence-electron chi connectivity index (χ4n) is 9.45. The van der Waals surface area contributed by atoms with Gasteiger partial charge in [-0.25, -0.2) is 14.3 Å². The first-order valence-corrected chi connectivity index (χ1v) is 29.3. The minimum atomic E-state index is -3.61. The fourth-order valence-corrected chi connectivity index (χ4v) is 11.2. The van der Waals surface area contributed by atoms with Crippen molar-refractivity contribution in [1.29, 1.82) is 0 Å². The monoisotopic (exact) mass is 1170 g/mol. The number of rotatable bonds is 9. The third-order valence-corrected chi connectivity index (χ3v) is 15.7. The van der Waals surface area contributed by atoms with Crippen LogP contribution in [-0.2, 0) is 43.9 Å². The number of piperidine rings is 3. The number of carbonyl (C=O) groups excluding carboxylic acids is 1. The third-order valence-electron chi connectivity index (χ3n) is 13.7. The number of Topliss-reactive ketones (excluding diaryl/α,β-unsaturated/α-hetero) is 1. The summed E-state index contributed by atoms with van der Waals surface area (Å²) in [4.78, 5) is 18.5. The number of sulfonamides is 1. The van der Waals surface area contributed by atoms with Gasteiger partial charge in [-0.2, -0.15) is 11.2 Å². The predicted octanol–water partition coefficient (Wildman–Crippen LogP) is 7.29. The van der Waals surface area contributed by atoms with E-state index in [4.69, 9.17) is 20.6 Å². The van der Waals surface area contributed by atoms with Gasteiger partial charge in [-0.1, -0.05) is 98.4 Å². The molecule has 436 valence electrons. The van der Waals surface area contributed by atoms with Crippen molar-refractivity contribution in [3.05, 3.63) is 139 Å². The van der Waals surface area contributed by atoms with Crippen LogP contribution in [-0.4, -0.2) is 117 Å². The van der Waals surface area contributed by atoms with Crippen molar-refractivity contribution in [1.82, 2.24) is 24.3 Å². The Morgan fingerprint density at radius 3 is 1.25 bits per heavy atom. The molecule has 0 saturated carbocycles. The first-order valence-electron chi connectivity index (χ1n) is 27.9. The molecule has 87 heavy (non-hydrogen) atoms. The van der Waals surface area contributed by atoms with Crippen molar-refractivity contribution in [2.75, 3.05) is 72.7 Å². The lowest BCUT2D eigenvalue weighted by Crippen LogP contribution is -2.54. The van der Waals surface area contributed by atoms with Gasteiger partial charge in [0.05, 0.1) is 25.2 Å². The van der Waals surface area contributed by atoms with E-state index in [1.165, 1.54) is 16.7 Å². The molecule has 0 unspecified atom stereocenters. The van der Waals surface area contributed by atoms with Crippen LogP contribution in [0.25, 0.3) is 0 Å². The number of ketones is 1. The summed E-state index contributed by atoms with van der Waals surface area (Å²) in [7, 11) is -2.05. The summed E-state index contributed by atoms with van der Waals surface area (Å²) in [6, 6.07) is 38.0. The molecule has 9 rings (SSSR count). The Morgan fingerprint density at radius 2 is 0.885 bits per heavy atom. The predicted molar refractivity (Wildman–Crippen MR) is 344 cm³/mol. The Hall–Kier alpha value is -9.83. The number of carbonyl (C=O) groups is 1. The van der Waals surface area contributed by atoms with Gasteiger partial charge in [-0.3, -0.25) is 30.7 Å². The molecule has 0 atom stereocenters. The van der Waals surface area contributed by atoms with Crippen LogP contribution in [0.3, 0.4) is 0 Å². The Bertz CT molecular complexity index is 3870. The van der Waals surface area contributed by atoms with E-state index in [-0.39, 0.29) is 18.0 Å². The molecule has 0 aliphatic carbocycles. The van der Waals surface area contributed by atoms with Crippen molar-refractivity contribution in [2.24, 2.45) is 0 Å². The summed E-state index contributed by atoms with van der Waals surface area (Å²) >= 11 is 0. The molecule has 5 fully saturated rings. The lowest BCUT2D eigenvalue weighted by Gasteiger charge is -2.42. The molecule has 5 aliphatic rings.